The number of allylic oxidation sites excluding steroid dienone is 3. The van der Waals surface area contributed by atoms with Crippen molar-refractivity contribution in [1.82, 2.24) is 0 Å². The van der Waals surface area contributed by atoms with E-state index >= 15 is 0 Å². The van der Waals surface area contributed by atoms with Crippen LogP contribution in [0.2, 0.25) is 0 Å². The summed E-state index contributed by atoms with van der Waals surface area (Å²) >= 11 is 0. The van der Waals surface area contributed by atoms with Gasteiger partial charge in [-0.15, -0.1) is 0 Å². The average molecular weight is 386 g/mol. The van der Waals surface area contributed by atoms with Gasteiger partial charge in [0, 0.05) is 6.07 Å². The zero-order chi connectivity index (χ0) is 20.6. The van der Waals surface area contributed by atoms with E-state index in [4.69, 9.17) is 9.47 Å². The highest BCUT2D eigenvalue weighted by Gasteiger charge is 2.51. The molecule has 1 aromatic carbocycles. The van der Waals surface area contributed by atoms with Gasteiger partial charge in [-0.1, -0.05) is 6.08 Å². The van der Waals surface area contributed by atoms with E-state index < -0.39 is 35.1 Å². The van der Waals surface area contributed by atoms with Crippen molar-refractivity contribution in [2.75, 3.05) is 6.61 Å². The zero-order valence-electron chi connectivity index (χ0n) is 15.8. The van der Waals surface area contributed by atoms with E-state index in [0.29, 0.717) is 16.9 Å². The second-order valence-electron chi connectivity index (χ2n) is 7.10. The molecule has 3 rings (SSSR count). The minimum Gasteiger partial charge on any atom is -0.508 e. The molecular weight excluding hydrogens is 364 g/mol. The van der Waals surface area contributed by atoms with Gasteiger partial charge in [-0.05, 0) is 56.2 Å². The van der Waals surface area contributed by atoms with Gasteiger partial charge in [-0.3, -0.25) is 4.79 Å². The lowest BCUT2D eigenvalue weighted by Crippen LogP contribution is -2.56. The van der Waals surface area contributed by atoms with Gasteiger partial charge in [-0.25, -0.2) is 4.79 Å². The number of rotatable bonds is 3. The summed E-state index contributed by atoms with van der Waals surface area (Å²) in [6, 6.07) is 2.33. The summed E-state index contributed by atoms with van der Waals surface area (Å²) in [4.78, 5) is 25.2. The van der Waals surface area contributed by atoms with Crippen molar-refractivity contribution >= 4 is 11.8 Å². The molecular formula is C21H22O7. The van der Waals surface area contributed by atoms with Crippen LogP contribution in [0.25, 0.3) is 0 Å². The first kappa shape index (κ1) is 19.7. The van der Waals surface area contributed by atoms with Gasteiger partial charge in [0.15, 0.2) is 11.4 Å². The van der Waals surface area contributed by atoms with Crippen LogP contribution in [0.3, 0.4) is 0 Å². The van der Waals surface area contributed by atoms with Crippen LogP contribution < -0.4 is 0 Å². The van der Waals surface area contributed by atoms with E-state index in [0.717, 1.165) is 6.07 Å². The van der Waals surface area contributed by atoms with Crippen LogP contribution >= 0.6 is 0 Å². The number of carbonyl (C=O) groups is 2. The van der Waals surface area contributed by atoms with Gasteiger partial charge < -0.3 is 24.8 Å². The third-order valence-electron chi connectivity index (χ3n) is 4.95. The SMILES string of the molecule is C/C=C/C1=CC2=CC(=O)[C@](C)(O)[C@@H](OC(=O)c3c(C)cc(O)cc3O)[C@H]2CO1. The maximum atomic E-state index is 12.7. The molecule has 1 aliphatic heterocycles. The van der Waals surface area contributed by atoms with Crippen molar-refractivity contribution in [1.29, 1.82) is 0 Å². The Bertz CT molecular complexity index is 898. The van der Waals surface area contributed by atoms with Gasteiger partial charge in [0.1, 0.15) is 28.9 Å². The molecule has 148 valence electrons. The second-order valence-corrected chi connectivity index (χ2v) is 7.10. The average Bonchev–Trinajstić information content (AvgIpc) is 2.58. The highest BCUT2D eigenvalue weighted by atomic mass is 16.6. The fourth-order valence-electron chi connectivity index (χ4n) is 3.48. The smallest absolute Gasteiger partial charge is 0.342 e. The number of aryl methyl sites for hydroxylation is 1. The molecule has 1 heterocycles. The number of fused-ring (bicyclic) bond motifs is 1. The Hall–Kier alpha value is -3.06. The number of aromatic hydroxyl groups is 2. The molecule has 3 atom stereocenters. The van der Waals surface area contributed by atoms with Crippen LogP contribution in [0.1, 0.15) is 29.8 Å². The van der Waals surface area contributed by atoms with E-state index in [1.165, 1.54) is 26.0 Å². The van der Waals surface area contributed by atoms with Gasteiger partial charge in [-0.2, -0.15) is 0 Å². The van der Waals surface area contributed by atoms with Crippen molar-refractivity contribution in [3.63, 3.8) is 0 Å². The number of esters is 1. The Balaban J connectivity index is 1.96. The Morgan fingerprint density at radius 1 is 1.32 bits per heavy atom. The minimum atomic E-state index is -1.94. The Morgan fingerprint density at radius 2 is 2.04 bits per heavy atom. The van der Waals surface area contributed by atoms with Crippen molar-refractivity contribution in [3.05, 3.63) is 58.9 Å². The molecule has 1 aromatic rings. The molecule has 0 radical (unpaired) electrons. The topological polar surface area (TPSA) is 113 Å². The molecule has 7 heteroatoms. The summed E-state index contributed by atoms with van der Waals surface area (Å²) in [5, 5.41) is 30.3. The molecule has 0 spiro atoms. The molecule has 0 saturated carbocycles. The number of aliphatic hydroxyl groups is 1. The number of phenols is 2. The summed E-state index contributed by atoms with van der Waals surface area (Å²) in [7, 11) is 0. The number of ether oxygens (including phenoxy) is 2. The molecule has 28 heavy (non-hydrogen) atoms. The standard InChI is InChI=1S/C21H22O7/c1-4-5-14-7-12-8-17(24)21(3,26)19(15(12)10-27-14)28-20(25)18-11(2)6-13(22)9-16(18)23/h4-9,15,19,22-23,26H,10H2,1-3H3/b5-4+/t15-,19-,21-/m0/s1. The summed E-state index contributed by atoms with van der Waals surface area (Å²) < 4.78 is 11.1. The van der Waals surface area contributed by atoms with Crippen LogP contribution in [-0.2, 0) is 14.3 Å². The highest BCUT2D eigenvalue weighted by Crippen LogP contribution is 2.38. The van der Waals surface area contributed by atoms with E-state index in [1.54, 1.807) is 18.2 Å². The predicted molar refractivity (Wildman–Crippen MR) is 99.8 cm³/mol. The van der Waals surface area contributed by atoms with Crippen molar-refractivity contribution < 1.29 is 34.4 Å². The quantitative estimate of drug-likeness (QED) is 0.683. The van der Waals surface area contributed by atoms with Gasteiger partial charge in [0.25, 0.3) is 0 Å². The fourth-order valence-corrected chi connectivity index (χ4v) is 3.48. The summed E-state index contributed by atoms with van der Waals surface area (Å²) in [5.41, 5.74) is -1.19. The normalized spacial score (nSPS) is 26.9. The molecule has 0 fully saturated rings. The number of benzene rings is 1. The second kappa shape index (κ2) is 7.16. The van der Waals surface area contributed by atoms with Crippen molar-refractivity contribution in [2.45, 2.75) is 32.5 Å². The summed E-state index contributed by atoms with van der Waals surface area (Å²) in [6.45, 7) is 4.76. The highest BCUT2D eigenvalue weighted by molar-refractivity contribution is 6.00. The molecule has 1 aliphatic carbocycles. The Labute approximate surface area is 162 Å². The molecule has 2 aliphatic rings. The number of phenolic OH excluding ortho intramolecular Hbond substituents is 2. The van der Waals surface area contributed by atoms with Crippen LogP contribution in [0.15, 0.2) is 47.8 Å². The van der Waals surface area contributed by atoms with E-state index in [9.17, 15) is 24.9 Å². The van der Waals surface area contributed by atoms with Gasteiger partial charge >= 0.3 is 5.97 Å². The Kier molecular flexibility index (Phi) is 5.04. The number of hydrogen-bond donors (Lipinski definition) is 3. The first-order valence-corrected chi connectivity index (χ1v) is 8.84. The molecule has 0 aromatic heterocycles. The Morgan fingerprint density at radius 3 is 2.68 bits per heavy atom. The van der Waals surface area contributed by atoms with Crippen molar-refractivity contribution in [3.8, 4) is 11.5 Å². The van der Waals surface area contributed by atoms with Crippen LogP contribution in [0.4, 0.5) is 0 Å². The minimum absolute atomic E-state index is 0.115. The zero-order valence-corrected chi connectivity index (χ0v) is 15.8. The number of hydrogen-bond acceptors (Lipinski definition) is 7. The third-order valence-corrected chi connectivity index (χ3v) is 4.95. The molecule has 0 bridgehead atoms. The third kappa shape index (κ3) is 3.41. The fraction of sp³-hybridized carbons (Fsp3) is 0.333. The lowest BCUT2D eigenvalue weighted by atomic mass is 9.75. The summed E-state index contributed by atoms with van der Waals surface area (Å²) in [6.07, 6.45) is 5.34. The maximum absolute atomic E-state index is 12.7. The monoisotopic (exact) mass is 386 g/mol. The van der Waals surface area contributed by atoms with Gasteiger partial charge in [0.2, 0.25) is 0 Å². The van der Waals surface area contributed by atoms with Gasteiger partial charge in [0.05, 0.1) is 12.5 Å². The molecule has 3 N–H and O–H groups in total. The molecule has 0 unspecified atom stereocenters. The van der Waals surface area contributed by atoms with E-state index in [-0.39, 0.29) is 17.9 Å². The first-order chi connectivity index (χ1) is 13.1. The lowest BCUT2D eigenvalue weighted by molar-refractivity contribution is -0.151. The number of ketones is 1. The maximum Gasteiger partial charge on any atom is 0.342 e. The predicted octanol–water partition coefficient (Wildman–Crippen LogP) is 2.30. The molecule has 0 amide bonds. The first-order valence-electron chi connectivity index (χ1n) is 8.84. The molecule has 7 nitrogen and oxygen atoms in total. The van der Waals surface area contributed by atoms with E-state index in [2.05, 4.69) is 0 Å². The summed E-state index contributed by atoms with van der Waals surface area (Å²) in [5.74, 6) is -2.12. The molecule has 0 saturated heterocycles. The largest absolute Gasteiger partial charge is 0.508 e. The number of carbonyl (C=O) groups excluding carboxylic acids is 2. The lowest BCUT2D eigenvalue weighted by Gasteiger charge is -2.41. The van der Waals surface area contributed by atoms with Crippen LogP contribution in [-0.4, -0.2) is 45.4 Å². The van der Waals surface area contributed by atoms with Crippen LogP contribution in [0, 0.1) is 12.8 Å². The van der Waals surface area contributed by atoms with Crippen LogP contribution in [0.5, 0.6) is 11.5 Å². The van der Waals surface area contributed by atoms with Crippen molar-refractivity contribution in [2.24, 2.45) is 5.92 Å². The van der Waals surface area contributed by atoms with E-state index in [1.807, 2.05) is 6.92 Å².